The quantitative estimate of drug-likeness (QED) is 0.609. The predicted octanol–water partition coefficient (Wildman–Crippen LogP) is 2.78. The van der Waals surface area contributed by atoms with E-state index in [2.05, 4.69) is 16.7 Å². The maximum absolute atomic E-state index is 13.4. The SMILES string of the molecule is CC(C)(C)OC(=O)N1CCC(C#N)(NC(=O)C(CC2CCCCC2)NC(=O)N2CCOCC2)CC1. The largest absolute Gasteiger partial charge is 0.444 e. The van der Waals surface area contributed by atoms with Crippen molar-refractivity contribution in [3.05, 3.63) is 0 Å². The second-order valence-electron chi connectivity index (χ2n) is 11.0. The number of amides is 4. The highest BCUT2D eigenvalue weighted by Crippen LogP contribution is 2.28. The molecule has 2 N–H and O–H groups in total. The first-order valence-corrected chi connectivity index (χ1v) is 13.0. The van der Waals surface area contributed by atoms with Gasteiger partial charge in [0.1, 0.15) is 17.2 Å². The molecular weight excluding hydrogens is 450 g/mol. The molecule has 2 saturated heterocycles. The molecule has 10 heteroatoms. The molecule has 0 aromatic rings. The molecule has 0 spiro atoms. The van der Waals surface area contributed by atoms with Crippen LogP contribution >= 0.6 is 0 Å². The van der Waals surface area contributed by atoms with Gasteiger partial charge in [-0.2, -0.15) is 5.26 Å². The van der Waals surface area contributed by atoms with Crippen LogP contribution in [0.5, 0.6) is 0 Å². The van der Waals surface area contributed by atoms with Crippen LogP contribution in [-0.4, -0.2) is 84.4 Å². The standard InChI is InChI=1S/C25H41N5O5/c1-24(2,3)35-23(33)30-11-9-25(18-26,10-12-30)28-21(31)20(17-19-7-5-4-6-8-19)27-22(32)29-13-15-34-16-14-29/h19-20H,4-17H2,1-3H3,(H,27,32)(H,28,31). The number of rotatable bonds is 5. The van der Waals surface area contributed by atoms with E-state index in [-0.39, 0.29) is 11.9 Å². The number of carbonyl (C=O) groups is 3. The van der Waals surface area contributed by atoms with Gasteiger partial charge in [0.15, 0.2) is 0 Å². The number of morpholine rings is 1. The summed E-state index contributed by atoms with van der Waals surface area (Å²) in [4.78, 5) is 42.0. The number of hydrogen-bond donors (Lipinski definition) is 2. The molecule has 1 saturated carbocycles. The van der Waals surface area contributed by atoms with Gasteiger partial charge in [-0.05, 0) is 33.1 Å². The lowest BCUT2D eigenvalue weighted by Crippen LogP contribution is -2.60. The molecular formula is C25H41N5O5. The predicted molar refractivity (Wildman–Crippen MR) is 129 cm³/mol. The molecule has 0 radical (unpaired) electrons. The third-order valence-corrected chi connectivity index (χ3v) is 7.05. The molecule has 4 amide bonds. The first kappa shape index (κ1) is 27.1. The van der Waals surface area contributed by atoms with E-state index in [1.54, 1.807) is 9.80 Å². The summed E-state index contributed by atoms with van der Waals surface area (Å²) in [5.41, 5.74) is -1.68. The highest BCUT2D eigenvalue weighted by Gasteiger charge is 2.40. The number of nitrogens with one attached hydrogen (secondary N) is 2. The number of likely N-dealkylation sites (tertiary alicyclic amines) is 1. The Hall–Kier alpha value is -2.54. The molecule has 35 heavy (non-hydrogen) atoms. The maximum Gasteiger partial charge on any atom is 0.410 e. The number of urea groups is 1. The van der Waals surface area contributed by atoms with Crippen molar-refractivity contribution < 1.29 is 23.9 Å². The van der Waals surface area contributed by atoms with E-state index in [1.165, 1.54) is 6.42 Å². The van der Waals surface area contributed by atoms with Crippen molar-refractivity contribution >= 4 is 18.0 Å². The molecule has 10 nitrogen and oxygen atoms in total. The van der Waals surface area contributed by atoms with Gasteiger partial charge in [-0.3, -0.25) is 4.79 Å². The molecule has 2 aliphatic heterocycles. The van der Waals surface area contributed by atoms with Crippen LogP contribution in [0.25, 0.3) is 0 Å². The molecule has 3 aliphatic rings. The third kappa shape index (κ3) is 7.99. The number of piperidine rings is 1. The van der Waals surface area contributed by atoms with Crippen molar-refractivity contribution in [2.45, 2.75) is 89.3 Å². The average molecular weight is 492 g/mol. The summed E-state index contributed by atoms with van der Waals surface area (Å²) in [6.45, 7) is 8.02. The molecule has 2 heterocycles. The maximum atomic E-state index is 13.4. The first-order valence-electron chi connectivity index (χ1n) is 13.0. The Morgan fingerprint density at radius 2 is 1.69 bits per heavy atom. The molecule has 196 valence electrons. The van der Waals surface area contributed by atoms with Gasteiger partial charge in [0.25, 0.3) is 0 Å². The van der Waals surface area contributed by atoms with Crippen molar-refractivity contribution in [3.8, 4) is 6.07 Å². The van der Waals surface area contributed by atoms with Crippen molar-refractivity contribution in [1.82, 2.24) is 20.4 Å². The van der Waals surface area contributed by atoms with Crippen LogP contribution in [-0.2, 0) is 14.3 Å². The van der Waals surface area contributed by atoms with E-state index < -0.39 is 23.3 Å². The summed E-state index contributed by atoms with van der Waals surface area (Å²) < 4.78 is 10.8. The van der Waals surface area contributed by atoms with Gasteiger partial charge in [-0.15, -0.1) is 0 Å². The molecule has 1 atom stereocenters. The van der Waals surface area contributed by atoms with Crippen molar-refractivity contribution in [1.29, 1.82) is 5.26 Å². The average Bonchev–Trinajstić information content (AvgIpc) is 2.84. The Labute approximate surface area is 208 Å². The van der Waals surface area contributed by atoms with Gasteiger partial charge >= 0.3 is 12.1 Å². The Morgan fingerprint density at radius 1 is 1.06 bits per heavy atom. The summed E-state index contributed by atoms with van der Waals surface area (Å²) >= 11 is 0. The van der Waals surface area contributed by atoms with E-state index in [9.17, 15) is 19.6 Å². The summed E-state index contributed by atoms with van der Waals surface area (Å²) in [5, 5.41) is 15.9. The fourth-order valence-corrected chi connectivity index (χ4v) is 4.98. The highest BCUT2D eigenvalue weighted by molar-refractivity contribution is 5.88. The van der Waals surface area contributed by atoms with Crippen LogP contribution in [0.15, 0.2) is 0 Å². The van der Waals surface area contributed by atoms with Gasteiger partial charge in [0.2, 0.25) is 5.91 Å². The zero-order valence-corrected chi connectivity index (χ0v) is 21.4. The van der Waals surface area contributed by atoms with E-state index in [4.69, 9.17) is 9.47 Å². The molecule has 3 fully saturated rings. The van der Waals surface area contributed by atoms with Crippen LogP contribution in [0.2, 0.25) is 0 Å². The minimum Gasteiger partial charge on any atom is -0.444 e. The third-order valence-electron chi connectivity index (χ3n) is 7.05. The first-order chi connectivity index (χ1) is 16.6. The number of carbonyl (C=O) groups excluding carboxylic acids is 3. The number of hydrogen-bond acceptors (Lipinski definition) is 6. The lowest BCUT2D eigenvalue weighted by molar-refractivity contribution is -0.125. The van der Waals surface area contributed by atoms with E-state index in [0.29, 0.717) is 64.6 Å². The van der Waals surface area contributed by atoms with Crippen molar-refractivity contribution in [2.75, 3.05) is 39.4 Å². The Bertz CT molecular complexity index is 785. The lowest BCUT2D eigenvalue weighted by Gasteiger charge is -2.39. The van der Waals surface area contributed by atoms with Crippen LogP contribution in [0.3, 0.4) is 0 Å². The van der Waals surface area contributed by atoms with Crippen LogP contribution in [0, 0.1) is 17.2 Å². The minimum absolute atomic E-state index is 0.269. The number of nitriles is 1. The molecule has 0 bridgehead atoms. The smallest absolute Gasteiger partial charge is 0.410 e. The molecule has 0 aromatic heterocycles. The fraction of sp³-hybridized carbons (Fsp3) is 0.840. The molecule has 0 aromatic carbocycles. The monoisotopic (exact) mass is 491 g/mol. The Kier molecular flexibility index (Phi) is 9.22. The number of nitrogens with zero attached hydrogens (tertiary/aromatic N) is 3. The van der Waals surface area contributed by atoms with Gasteiger partial charge in [-0.25, -0.2) is 9.59 Å². The molecule has 1 aliphatic carbocycles. The topological polar surface area (TPSA) is 124 Å². The lowest BCUT2D eigenvalue weighted by atomic mass is 9.84. The highest BCUT2D eigenvalue weighted by atomic mass is 16.6. The normalized spacial score (nSPS) is 22.0. The summed E-state index contributed by atoms with van der Waals surface area (Å²) in [7, 11) is 0. The zero-order valence-electron chi connectivity index (χ0n) is 21.4. The zero-order chi connectivity index (χ0) is 25.5. The van der Waals surface area contributed by atoms with Crippen molar-refractivity contribution in [2.24, 2.45) is 5.92 Å². The fourth-order valence-electron chi connectivity index (χ4n) is 4.98. The van der Waals surface area contributed by atoms with Crippen LogP contribution < -0.4 is 10.6 Å². The van der Waals surface area contributed by atoms with E-state index in [0.717, 1.165) is 25.7 Å². The van der Waals surface area contributed by atoms with Crippen LogP contribution in [0.1, 0.15) is 72.1 Å². The minimum atomic E-state index is -1.08. The van der Waals surface area contributed by atoms with Gasteiger partial charge in [0, 0.05) is 39.0 Å². The second kappa shape index (κ2) is 11.9. The van der Waals surface area contributed by atoms with Crippen molar-refractivity contribution in [3.63, 3.8) is 0 Å². The van der Waals surface area contributed by atoms with Crippen LogP contribution in [0.4, 0.5) is 9.59 Å². The van der Waals surface area contributed by atoms with Gasteiger partial charge in [0.05, 0.1) is 19.3 Å². The molecule has 1 unspecified atom stereocenters. The summed E-state index contributed by atoms with van der Waals surface area (Å²) in [5.74, 6) is 0.0426. The van der Waals surface area contributed by atoms with E-state index in [1.807, 2.05) is 20.8 Å². The number of ether oxygens (including phenoxy) is 2. The van der Waals surface area contributed by atoms with E-state index >= 15 is 0 Å². The summed E-state index contributed by atoms with van der Waals surface area (Å²) in [6.07, 6.45) is 6.34. The Balaban J connectivity index is 1.63. The summed E-state index contributed by atoms with van der Waals surface area (Å²) in [6, 6.07) is 1.31. The van der Waals surface area contributed by atoms with Gasteiger partial charge in [-0.1, -0.05) is 32.1 Å². The van der Waals surface area contributed by atoms with Gasteiger partial charge < -0.3 is 29.9 Å². The molecule has 3 rings (SSSR count). The Morgan fingerprint density at radius 3 is 2.26 bits per heavy atom. The second-order valence-corrected chi connectivity index (χ2v) is 11.0.